The molecular weight excluding hydrogens is 441 g/mol. The number of rotatable bonds is 7. The van der Waals surface area contributed by atoms with E-state index >= 15 is 0 Å². The van der Waals surface area contributed by atoms with Crippen LogP contribution in [0.2, 0.25) is 0 Å². The quantitative estimate of drug-likeness (QED) is 0.284. The first kappa shape index (κ1) is 20.5. The SMILES string of the molecule is I.NC(=NCC1CCCO1)NCCOc1ccccc1-c1ccccc1. The van der Waals surface area contributed by atoms with Crippen LogP contribution in [-0.4, -0.2) is 38.4 Å². The maximum Gasteiger partial charge on any atom is 0.188 e. The predicted octanol–water partition coefficient (Wildman–Crippen LogP) is 3.43. The summed E-state index contributed by atoms with van der Waals surface area (Å²) in [4.78, 5) is 4.32. The Labute approximate surface area is 172 Å². The highest BCUT2D eigenvalue weighted by Crippen LogP contribution is 2.29. The molecule has 2 aromatic rings. The van der Waals surface area contributed by atoms with E-state index in [9.17, 15) is 0 Å². The zero-order chi connectivity index (χ0) is 17.3. The van der Waals surface area contributed by atoms with Crippen LogP contribution in [0.25, 0.3) is 11.1 Å². The summed E-state index contributed by atoms with van der Waals surface area (Å²) < 4.78 is 11.4. The topological polar surface area (TPSA) is 68.9 Å². The lowest BCUT2D eigenvalue weighted by molar-refractivity contribution is 0.117. The van der Waals surface area contributed by atoms with Crippen LogP contribution < -0.4 is 15.8 Å². The highest BCUT2D eigenvalue weighted by molar-refractivity contribution is 14.0. The number of guanidine groups is 1. The van der Waals surface area contributed by atoms with Crippen LogP contribution >= 0.6 is 24.0 Å². The Hall–Kier alpha value is -1.80. The highest BCUT2D eigenvalue weighted by Gasteiger charge is 2.14. The molecule has 1 fully saturated rings. The third-order valence-corrected chi connectivity index (χ3v) is 4.13. The van der Waals surface area contributed by atoms with Gasteiger partial charge in [0.05, 0.1) is 19.2 Å². The van der Waals surface area contributed by atoms with Crippen molar-refractivity contribution < 1.29 is 9.47 Å². The van der Waals surface area contributed by atoms with Gasteiger partial charge in [-0.3, -0.25) is 4.99 Å². The lowest BCUT2D eigenvalue weighted by atomic mass is 10.1. The molecule has 1 heterocycles. The van der Waals surface area contributed by atoms with Gasteiger partial charge in [0.25, 0.3) is 0 Å². The molecule has 1 aliphatic rings. The first-order chi connectivity index (χ1) is 12.3. The Bertz CT molecular complexity index is 688. The predicted molar refractivity (Wildman–Crippen MR) is 116 cm³/mol. The van der Waals surface area contributed by atoms with Crippen LogP contribution in [0.3, 0.4) is 0 Å². The number of hydrogen-bond donors (Lipinski definition) is 2. The molecule has 1 saturated heterocycles. The minimum Gasteiger partial charge on any atom is -0.491 e. The number of nitrogens with two attached hydrogens (primary N) is 1. The normalized spacial score (nSPS) is 16.8. The van der Waals surface area contributed by atoms with Crippen LogP contribution in [0.1, 0.15) is 12.8 Å². The van der Waals surface area contributed by atoms with Gasteiger partial charge in [0, 0.05) is 12.2 Å². The van der Waals surface area contributed by atoms with E-state index in [0.717, 1.165) is 36.3 Å². The molecule has 0 saturated carbocycles. The van der Waals surface area contributed by atoms with Crippen molar-refractivity contribution in [1.82, 2.24) is 5.32 Å². The van der Waals surface area contributed by atoms with Crippen molar-refractivity contribution in [2.24, 2.45) is 10.7 Å². The average molecular weight is 467 g/mol. The lowest BCUT2D eigenvalue weighted by Crippen LogP contribution is -2.35. The van der Waals surface area contributed by atoms with Crippen molar-refractivity contribution in [3.63, 3.8) is 0 Å². The van der Waals surface area contributed by atoms with Gasteiger partial charge in [-0.2, -0.15) is 0 Å². The van der Waals surface area contributed by atoms with E-state index < -0.39 is 0 Å². The van der Waals surface area contributed by atoms with Crippen LogP contribution in [0.5, 0.6) is 5.75 Å². The number of aliphatic imine (C=N–C) groups is 1. The fourth-order valence-corrected chi connectivity index (χ4v) is 2.83. The molecule has 5 nitrogen and oxygen atoms in total. The van der Waals surface area contributed by atoms with Crippen molar-refractivity contribution in [1.29, 1.82) is 0 Å². The van der Waals surface area contributed by atoms with Crippen molar-refractivity contribution in [2.45, 2.75) is 18.9 Å². The van der Waals surface area contributed by atoms with Crippen LogP contribution in [0, 0.1) is 0 Å². The van der Waals surface area contributed by atoms with Crippen molar-refractivity contribution in [3.8, 4) is 16.9 Å². The second-order valence-electron chi connectivity index (χ2n) is 6.00. The standard InChI is InChI=1S/C20H25N3O2.HI/c21-20(23-15-17-9-6-13-24-17)22-12-14-25-19-11-5-4-10-18(19)16-7-2-1-3-8-16;/h1-5,7-8,10-11,17H,6,9,12-15H2,(H3,21,22,23);1H. The second-order valence-corrected chi connectivity index (χ2v) is 6.00. The lowest BCUT2D eigenvalue weighted by Gasteiger charge is -2.12. The Morgan fingerprint density at radius 2 is 1.92 bits per heavy atom. The third kappa shape index (κ3) is 6.17. The number of hydrogen-bond acceptors (Lipinski definition) is 3. The summed E-state index contributed by atoms with van der Waals surface area (Å²) in [6.07, 6.45) is 2.40. The molecule has 26 heavy (non-hydrogen) atoms. The first-order valence-corrected chi connectivity index (χ1v) is 8.75. The van der Waals surface area contributed by atoms with Crippen molar-refractivity contribution in [2.75, 3.05) is 26.3 Å². The average Bonchev–Trinajstić information content (AvgIpc) is 3.18. The Kier molecular flexibility index (Phi) is 8.70. The van der Waals surface area contributed by atoms with Crippen LogP contribution in [-0.2, 0) is 4.74 Å². The van der Waals surface area contributed by atoms with Gasteiger partial charge in [0.1, 0.15) is 12.4 Å². The monoisotopic (exact) mass is 467 g/mol. The van der Waals surface area contributed by atoms with Crippen LogP contribution in [0.15, 0.2) is 59.6 Å². The van der Waals surface area contributed by atoms with Gasteiger partial charge in [-0.15, -0.1) is 24.0 Å². The summed E-state index contributed by atoms with van der Waals surface area (Å²) in [5, 5.41) is 3.08. The van der Waals surface area contributed by atoms with Gasteiger partial charge in [-0.05, 0) is 24.5 Å². The molecule has 0 amide bonds. The van der Waals surface area contributed by atoms with Crippen molar-refractivity contribution >= 4 is 29.9 Å². The maximum atomic E-state index is 5.92. The maximum absolute atomic E-state index is 5.92. The van der Waals surface area contributed by atoms with E-state index in [4.69, 9.17) is 15.2 Å². The van der Waals surface area contributed by atoms with Gasteiger partial charge in [0.15, 0.2) is 5.96 Å². The molecular formula is C20H26IN3O2. The van der Waals surface area contributed by atoms with Gasteiger partial charge in [0.2, 0.25) is 0 Å². The summed E-state index contributed by atoms with van der Waals surface area (Å²) >= 11 is 0. The Balaban J connectivity index is 0.00000243. The number of benzene rings is 2. The zero-order valence-corrected chi connectivity index (χ0v) is 17.1. The highest BCUT2D eigenvalue weighted by atomic mass is 127. The first-order valence-electron chi connectivity index (χ1n) is 8.75. The largest absolute Gasteiger partial charge is 0.491 e. The summed E-state index contributed by atoms with van der Waals surface area (Å²) in [5.41, 5.74) is 8.11. The summed E-state index contributed by atoms with van der Waals surface area (Å²) in [5.74, 6) is 1.31. The van der Waals surface area contributed by atoms with E-state index in [2.05, 4.69) is 28.5 Å². The summed E-state index contributed by atoms with van der Waals surface area (Å²) in [6, 6.07) is 18.3. The second kappa shape index (κ2) is 11.0. The fourth-order valence-electron chi connectivity index (χ4n) is 2.83. The summed E-state index contributed by atoms with van der Waals surface area (Å²) in [7, 11) is 0. The molecule has 1 aliphatic heterocycles. The molecule has 0 aliphatic carbocycles. The fraction of sp³-hybridized carbons (Fsp3) is 0.350. The van der Waals surface area contributed by atoms with Gasteiger partial charge in [-0.1, -0.05) is 48.5 Å². The molecule has 3 N–H and O–H groups in total. The summed E-state index contributed by atoms with van der Waals surface area (Å²) in [6.45, 7) is 2.57. The molecule has 0 aromatic heterocycles. The van der Waals surface area contributed by atoms with Crippen molar-refractivity contribution in [3.05, 3.63) is 54.6 Å². The van der Waals surface area contributed by atoms with Crippen LogP contribution in [0.4, 0.5) is 0 Å². The minimum absolute atomic E-state index is 0. The van der Waals surface area contributed by atoms with E-state index in [1.807, 2.05) is 36.4 Å². The number of nitrogens with zero attached hydrogens (tertiary/aromatic N) is 1. The Morgan fingerprint density at radius 3 is 2.69 bits per heavy atom. The molecule has 2 aromatic carbocycles. The van der Waals surface area contributed by atoms with E-state index in [1.54, 1.807) is 0 Å². The van der Waals surface area contributed by atoms with E-state index in [-0.39, 0.29) is 30.1 Å². The molecule has 3 rings (SSSR count). The van der Waals surface area contributed by atoms with Gasteiger partial charge < -0.3 is 20.5 Å². The molecule has 0 bridgehead atoms. The molecule has 140 valence electrons. The number of nitrogens with one attached hydrogen (secondary N) is 1. The molecule has 1 unspecified atom stereocenters. The minimum atomic E-state index is 0. The third-order valence-electron chi connectivity index (χ3n) is 4.13. The Morgan fingerprint density at radius 1 is 1.15 bits per heavy atom. The molecule has 6 heteroatoms. The molecule has 1 atom stereocenters. The molecule has 0 radical (unpaired) electrons. The van der Waals surface area contributed by atoms with E-state index in [1.165, 1.54) is 0 Å². The van der Waals surface area contributed by atoms with Gasteiger partial charge >= 0.3 is 0 Å². The van der Waals surface area contributed by atoms with E-state index in [0.29, 0.717) is 25.7 Å². The zero-order valence-electron chi connectivity index (χ0n) is 14.8. The van der Waals surface area contributed by atoms with Gasteiger partial charge in [-0.25, -0.2) is 0 Å². The molecule has 0 spiro atoms. The number of ether oxygens (including phenoxy) is 2. The number of halogens is 1. The smallest absolute Gasteiger partial charge is 0.188 e. The number of para-hydroxylation sites is 1.